The maximum atomic E-state index is 7.52. The van der Waals surface area contributed by atoms with E-state index in [-0.39, 0.29) is 0 Å². The summed E-state index contributed by atoms with van der Waals surface area (Å²) in [5, 5.41) is 10.6. The van der Waals surface area contributed by atoms with E-state index < -0.39 is 0 Å². The highest BCUT2D eigenvalue weighted by atomic mass is 16.3. The lowest BCUT2D eigenvalue weighted by Crippen LogP contribution is -2.12. The number of hydrogen-bond donors (Lipinski definition) is 0. The zero-order valence-electron chi connectivity index (χ0n) is 46.0. The lowest BCUT2D eigenvalue weighted by atomic mass is 9.95. The number of fused-ring (bicyclic) bond motifs is 13. The smallest absolute Gasteiger partial charge is 0.159 e. The van der Waals surface area contributed by atoms with Gasteiger partial charge in [-0.25, -0.2) is 0 Å². The second-order valence-electron chi connectivity index (χ2n) is 21.8. The molecule has 5 heteroatoms. The lowest BCUT2D eigenvalue weighted by Gasteiger charge is -2.29. The van der Waals surface area contributed by atoms with Crippen LogP contribution in [0.25, 0.3) is 132 Å². The molecule has 3 heterocycles. The van der Waals surface area contributed by atoms with Gasteiger partial charge in [0.15, 0.2) is 11.2 Å². The van der Waals surface area contributed by atoms with Gasteiger partial charge in [-0.1, -0.05) is 267 Å². The van der Waals surface area contributed by atoms with Crippen LogP contribution in [0.5, 0.6) is 0 Å². The highest BCUT2D eigenvalue weighted by Gasteiger charge is 2.30. The average molecular weight is 1090 g/mol. The van der Waals surface area contributed by atoms with E-state index in [2.05, 4.69) is 313 Å². The monoisotopic (exact) mass is 1090 g/mol. The Hall–Kier alpha value is -11.4. The number of benzene rings is 14. The average Bonchev–Trinajstić information content (AvgIpc) is 2.95. The summed E-state index contributed by atoms with van der Waals surface area (Å²) in [6.45, 7) is 0. The van der Waals surface area contributed by atoms with Gasteiger partial charge < -0.3 is 23.1 Å². The molecule has 14 aromatic carbocycles. The van der Waals surface area contributed by atoms with E-state index in [0.29, 0.717) is 0 Å². The van der Waals surface area contributed by atoms with Crippen molar-refractivity contribution < 1.29 is 13.3 Å². The molecule has 0 aliphatic carbocycles. The fourth-order valence-electron chi connectivity index (χ4n) is 13.3. The molecular weight excluding hydrogens is 1040 g/mol. The first-order valence-corrected chi connectivity index (χ1v) is 28.9. The van der Waals surface area contributed by atoms with Crippen molar-refractivity contribution in [3.63, 3.8) is 0 Å². The molecule has 0 radical (unpaired) electrons. The maximum absolute atomic E-state index is 7.52. The van der Waals surface area contributed by atoms with Gasteiger partial charge in [-0.2, -0.15) is 0 Å². The Balaban J connectivity index is 0.946. The summed E-state index contributed by atoms with van der Waals surface area (Å²) in [5.74, 6) is 0. The number of anilines is 6. The molecule has 0 N–H and O–H groups in total. The van der Waals surface area contributed by atoms with E-state index >= 15 is 0 Å². The first-order chi connectivity index (χ1) is 42.2. The summed E-state index contributed by atoms with van der Waals surface area (Å²) in [5.41, 5.74) is 19.2. The molecule has 0 amide bonds. The second kappa shape index (κ2) is 19.7. The molecule has 398 valence electrons. The SMILES string of the molecule is c1ccc(-c2ccccc2N(c2cc3oc4cc(N(c5ccccc5-c5ccccc5)c5cccc6c5oc5c(-c7ccccc7)cccc56)c5ccccc5c4c3c3ccccc23)c2cccc3c2oc2c(-c4ccccc4)cccc23)cc1. The van der Waals surface area contributed by atoms with Crippen molar-refractivity contribution >= 4 is 121 Å². The topological polar surface area (TPSA) is 45.9 Å². The van der Waals surface area contributed by atoms with E-state index in [4.69, 9.17) is 13.3 Å². The van der Waals surface area contributed by atoms with Gasteiger partial charge >= 0.3 is 0 Å². The summed E-state index contributed by atoms with van der Waals surface area (Å²) in [7, 11) is 0. The molecule has 0 saturated carbocycles. The van der Waals surface area contributed by atoms with E-state index in [1.165, 1.54) is 0 Å². The van der Waals surface area contributed by atoms with Crippen LogP contribution in [-0.2, 0) is 0 Å². The van der Waals surface area contributed by atoms with Crippen LogP contribution in [0.2, 0.25) is 0 Å². The standard InChI is InChI=1S/C80H50N2O3/c1-5-25-51(26-6-1)55-33-17-19-45-67(55)81(69-47-23-43-65-63-41-21-39-57(77(63)84-79(65)69)53-29-9-3-10-30-53)71-49-73-75(61-37-15-13-35-59(61)71)76-62-38-16-14-36-60(62)72(50-74(76)83-73)82(68-46-20-18-34-56(68)52-27-7-2-8-28-52)70-48-24-44-66-64-42-22-40-58(78(64)85-80(66)70)54-31-11-4-12-32-54/h1-50H. The van der Waals surface area contributed by atoms with Gasteiger partial charge in [-0.15, -0.1) is 0 Å². The lowest BCUT2D eigenvalue weighted by molar-refractivity contribution is 0.668. The molecule has 0 aliphatic rings. The van der Waals surface area contributed by atoms with Crippen molar-refractivity contribution in [2.45, 2.75) is 0 Å². The number of nitrogens with zero attached hydrogens (tertiary/aromatic N) is 2. The molecule has 85 heavy (non-hydrogen) atoms. The Morgan fingerprint density at radius 1 is 0.188 bits per heavy atom. The third kappa shape index (κ3) is 7.71. The van der Waals surface area contributed by atoms with Crippen molar-refractivity contribution in [3.8, 4) is 44.5 Å². The van der Waals surface area contributed by atoms with Crippen molar-refractivity contribution in [3.05, 3.63) is 303 Å². The first-order valence-electron chi connectivity index (χ1n) is 28.9. The molecule has 0 aliphatic heterocycles. The van der Waals surface area contributed by atoms with Gasteiger partial charge in [0.25, 0.3) is 0 Å². The van der Waals surface area contributed by atoms with Crippen LogP contribution < -0.4 is 9.80 Å². The summed E-state index contributed by atoms with van der Waals surface area (Å²) in [6, 6.07) is 108. The van der Waals surface area contributed by atoms with E-state index in [9.17, 15) is 0 Å². The molecule has 0 atom stereocenters. The van der Waals surface area contributed by atoms with Crippen LogP contribution in [0, 0.1) is 0 Å². The Labute approximate surface area is 489 Å². The van der Waals surface area contributed by atoms with Crippen LogP contribution in [0.3, 0.4) is 0 Å². The molecule has 0 unspecified atom stereocenters. The van der Waals surface area contributed by atoms with Crippen molar-refractivity contribution in [1.29, 1.82) is 0 Å². The quantitative estimate of drug-likeness (QED) is 0.137. The predicted molar refractivity (Wildman–Crippen MR) is 354 cm³/mol. The molecule has 3 aromatic heterocycles. The summed E-state index contributed by atoms with van der Waals surface area (Å²) in [6.07, 6.45) is 0. The number of para-hydroxylation sites is 6. The van der Waals surface area contributed by atoms with Crippen LogP contribution in [0.4, 0.5) is 34.1 Å². The number of furan rings is 3. The van der Waals surface area contributed by atoms with E-state index in [1.54, 1.807) is 0 Å². The fourth-order valence-corrected chi connectivity index (χ4v) is 13.3. The van der Waals surface area contributed by atoms with Gasteiger partial charge in [-0.05, 0) is 57.3 Å². The molecule has 17 aromatic rings. The third-order valence-corrected chi connectivity index (χ3v) is 17.0. The molecular formula is C80H50N2O3. The van der Waals surface area contributed by atoms with Gasteiger partial charge in [0, 0.05) is 77.5 Å². The summed E-state index contributed by atoms with van der Waals surface area (Å²) in [4.78, 5) is 4.79. The normalized spacial score (nSPS) is 11.8. The first kappa shape index (κ1) is 48.3. The highest BCUT2D eigenvalue weighted by Crippen LogP contribution is 2.54. The summed E-state index contributed by atoms with van der Waals surface area (Å²) < 4.78 is 22.1. The van der Waals surface area contributed by atoms with Crippen molar-refractivity contribution in [1.82, 2.24) is 0 Å². The Morgan fingerprint density at radius 3 is 0.871 bits per heavy atom. The largest absolute Gasteiger partial charge is 0.456 e. The van der Waals surface area contributed by atoms with E-state index in [1.807, 2.05) is 0 Å². The number of rotatable bonds is 10. The third-order valence-electron chi connectivity index (χ3n) is 17.0. The van der Waals surface area contributed by atoms with Gasteiger partial charge in [0.05, 0.1) is 34.1 Å². The zero-order chi connectivity index (χ0) is 56.0. The van der Waals surface area contributed by atoms with Crippen LogP contribution in [0.1, 0.15) is 0 Å². The predicted octanol–water partition coefficient (Wildman–Crippen LogP) is 23.3. The van der Waals surface area contributed by atoms with Gasteiger partial charge in [0.1, 0.15) is 22.3 Å². The van der Waals surface area contributed by atoms with Gasteiger partial charge in [0.2, 0.25) is 0 Å². The fraction of sp³-hybridized carbons (Fsp3) is 0. The molecule has 0 saturated heterocycles. The van der Waals surface area contributed by atoms with Crippen molar-refractivity contribution in [2.75, 3.05) is 9.80 Å². The maximum Gasteiger partial charge on any atom is 0.159 e. The Bertz CT molecular complexity index is 5090. The Morgan fingerprint density at radius 2 is 0.471 bits per heavy atom. The minimum Gasteiger partial charge on any atom is -0.456 e. The van der Waals surface area contributed by atoms with E-state index in [0.717, 1.165) is 166 Å². The summed E-state index contributed by atoms with van der Waals surface area (Å²) >= 11 is 0. The number of hydrogen-bond acceptors (Lipinski definition) is 5. The molecule has 17 rings (SSSR count). The zero-order valence-corrected chi connectivity index (χ0v) is 46.0. The highest BCUT2D eigenvalue weighted by molar-refractivity contribution is 6.31. The molecule has 5 nitrogen and oxygen atoms in total. The molecule has 0 spiro atoms. The van der Waals surface area contributed by atoms with Gasteiger partial charge in [-0.3, -0.25) is 0 Å². The molecule has 0 bridgehead atoms. The van der Waals surface area contributed by atoms with Crippen LogP contribution >= 0.6 is 0 Å². The Kier molecular flexibility index (Phi) is 11.2. The second-order valence-corrected chi connectivity index (χ2v) is 21.8. The van der Waals surface area contributed by atoms with Crippen LogP contribution in [-0.4, -0.2) is 0 Å². The minimum absolute atomic E-state index is 0.764. The molecule has 0 fully saturated rings. The minimum atomic E-state index is 0.764. The van der Waals surface area contributed by atoms with Crippen LogP contribution in [0.15, 0.2) is 317 Å². The van der Waals surface area contributed by atoms with Crippen molar-refractivity contribution in [2.24, 2.45) is 0 Å².